The summed E-state index contributed by atoms with van der Waals surface area (Å²) in [6.45, 7) is 0. The van der Waals surface area contributed by atoms with E-state index in [0.29, 0.717) is 21.6 Å². The topological polar surface area (TPSA) is 30.2 Å². The molecule has 0 bridgehead atoms. The van der Waals surface area contributed by atoms with Gasteiger partial charge in [0, 0.05) is 10.0 Å². The van der Waals surface area contributed by atoms with Gasteiger partial charge in [0.1, 0.15) is 0 Å². The van der Waals surface area contributed by atoms with Crippen molar-refractivity contribution in [1.82, 2.24) is 0 Å². The van der Waals surface area contributed by atoms with Gasteiger partial charge >= 0.3 is 0 Å². The first-order valence-corrected chi connectivity index (χ1v) is 9.13. The molecule has 0 amide bonds. The Morgan fingerprint density at radius 2 is 1.46 bits per heavy atom. The molecule has 3 rings (SSSR count). The Morgan fingerprint density at radius 3 is 1.92 bits per heavy atom. The molecule has 0 fully saturated rings. The Morgan fingerprint density at radius 1 is 0.917 bits per heavy atom. The first-order valence-electron chi connectivity index (χ1n) is 7.33. The van der Waals surface area contributed by atoms with Crippen LogP contribution in [0.3, 0.4) is 0 Å². The number of halogens is 2. The molecule has 0 aliphatic heterocycles. The Balaban J connectivity index is 1.83. The fourth-order valence-electron chi connectivity index (χ4n) is 2.33. The minimum absolute atomic E-state index is 0.0124. The van der Waals surface area contributed by atoms with Gasteiger partial charge in [0.2, 0.25) is 5.78 Å². The van der Waals surface area contributed by atoms with Crippen LogP contribution < -0.4 is 0 Å². The molecular weight excluding hydrogens is 363 g/mol. The molecular formula is C19H14Cl2O2S. The Kier molecular flexibility index (Phi) is 5.67. The lowest BCUT2D eigenvalue weighted by Crippen LogP contribution is -2.05. The standard InChI is InChI=1S/C19H14Cl2O2S/c20-15-7-3-13(4-8-15)19(14-5-9-16(21)10-6-14)24-12-17(22)18-2-1-11-23-18/h1-11,19H,12H2. The fraction of sp³-hybridized carbons (Fsp3) is 0.105. The third-order valence-electron chi connectivity index (χ3n) is 3.52. The largest absolute Gasteiger partial charge is 0.461 e. The second-order valence-corrected chi connectivity index (χ2v) is 7.16. The molecule has 5 heteroatoms. The van der Waals surface area contributed by atoms with Crippen molar-refractivity contribution < 1.29 is 9.21 Å². The van der Waals surface area contributed by atoms with Crippen molar-refractivity contribution in [3.05, 3.63) is 93.9 Å². The number of carbonyl (C=O) groups is 1. The molecule has 2 nitrogen and oxygen atoms in total. The number of hydrogen-bond donors (Lipinski definition) is 0. The van der Waals surface area contributed by atoms with Gasteiger partial charge in [-0.3, -0.25) is 4.79 Å². The lowest BCUT2D eigenvalue weighted by atomic mass is 10.0. The first-order chi connectivity index (χ1) is 11.6. The van der Waals surface area contributed by atoms with Crippen LogP contribution in [0, 0.1) is 0 Å². The first kappa shape index (κ1) is 17.2. The van der Waals surface area contributed by atoms with Gasteiger partial charge in [-0.15, -0.1) is 11.8 Å². The lowest BCUT2D eigenvalue weighted by molar-refractivity contribution is 0.0992. The molecule has 0 saturated carbocycles. The Labute approximate surface area is 154 Å². The summed E-state index contributed by atoms with van der Waals surface area (Å²) >= 11 is 13.5. The maximum absolute atomic E-state index is 12.2. The summed E-state index contributed by atoms with van der Waals surface area (Å²) in [5.74, 6) is 0.676. The number of furan rings is 1. The minimum Gasteiger partial charge on any atom is -0.461 e. The van der Waals surface area contributed by atoms with Gasteiger partial charge in [0.05, 0.1) is 17.3 Å². The van der Waals surface area contributed by atoms with Gasteiger partial charge in [-0.2, -0.15) is 0 Å². The van der Waals surface area contributed by atoms with Crippen molar-refractivity contribution in [2.24, 2.45) is 0 Å². The summed E-state index contributed by atoms with van der Waals surface area (Å²) in [5, 5.41) is 1.38. The molecule has 0 unspecified atom stereocenters. The van der Waals surface area contributed by atoms with E-state index in [0.717, 1.165) is 11.1 Å². The van der Waals surface area contributed by atoms with Crippen LogP contribution in [0.4, 0.5) is 0 Å². The van der Waals surface area contributed by atoms with Gasteiger partial charge in [0.15, 0.2) is 5.76 Å². The number of ketones is 1. The highest BCUT2D eigenvalue weighted by atomic mass is 35.5. The number of benzene rings is 2. The van der Waals surface area contributed by atoms with Crippen LogP contribution in [0.25, 0.3) is 0 Å². The highest BCUT2D eigenvalue weighted by Crippen LogP contribution is 2.37. The molecule has 0 aliphatic rings. The SMILES string of the molecule is O=C(CSC(c1ccc(Cl)cc1)c1ccc(Cl)cc1)c1ccco1. The van der Waals surface area contributed by atoms with Gasteiger partial charge in [-0.05, 0) is 47.5 Å². The summed E-state index contributed by atoms with van der Waals surface area (Å²) < 4.78 is 5.17. The van der Waals surface area contributed by atoms with E-state index in [9.17, 15) is 4.79 Å². The number of Topliss-reactive ketones (excluding diaryl/α,β-unsaturated/α-hetero) is 1. The molecule has 1 heterocycles. The van der Waals surface area contributed by atoms with Crippen molar-refractivity contribution in [1.29, 1.82) is 0 Å². The number of thioether (sulfide) groups is 1. The number of hydrogen-bond acceptors (Lipinski definition) is 3. The highest BCUT2D eigenvalue weighted by Gasteiger charge is 2.18. The second kappa shape index (κ2) is 7.93. The van der Waals surface area contributed by atoms with E-state index >= 15 is 0 Å². The molecule has 3 aromatic rings. The Bertz CT molecular complexity index is 751. The smallest absolute Gasteiger partial charge is 0.207 e. The van der Waals surface area contributed by atoms with Crippen LogP contribution in [-0.4, -0.2) is 11.5 Å². The molecule has 2 aromatic carbocycles. The third kappa shape index (κ3) is 4.23. The van der Waals surface area contributed by atoms with Crippen LogP contribution in [0.15, 0.2) is 71.3 Å². The van der Waals surface area contributed by atoms with Crippen molar-refractivity contribution in [2.75, 3.05) is 5.75 Å². The summed E-state index contributed by atoms with van der Waals surface area (Å²) in [7, 11) is 0. The molecule has 24 heavy (non-hydrogen) atoms. The Hall–Kier alpha value is -1.68. The van der Waals surface area contributed by atoms with Crippen LogP contribution in [0.1, 0.15) is 26.9 Å². The minimum atomic E-state index is -0.0297. The van der Waals surface area contributed by atoms with Crippen LogP contribution in [0.5, 0.6) is 0 Å². The monoisotopic (exact) mass is 376 g/mol. The van der Waals surface area contributed by atoms with E-state index in [1.165, 1.54) is 6.26 Å². The van der Waals surface area contributed by atoms with Gasteiger partial charge in [0.25, 0.3) is 0 Å². The fourth-order valence-corrected chi connectivity index (χ4v) is 3.74. The van der Waals surface area contributed by atoms with Crippen molar-refractivity contribution >= 4 is 40.7 Å². The zero-order chi connectivity index (χ0) is 16.9. The molecule has 122 valence electrons. The number of carbonyl (C=O) groups excluding carboxylic acids is 1. The van der Waals surface area contributed by atoms with E-state index in [1.54, 1.807) is 23.9 Å². The molecule has 1 aromatic heterocycles. The molecule has 0 N–H and O–H groups in total. The second-order valence-electron chi connectivity index (χ2n) is 5.19. The maximum Gasteiger partial charge on any atom is 0.207 e. The van der Waals surface area contributed by atoms with Crippen LogP contribution >= 0.6 is 35.0 Å². The molecule has 0 spiro atoms. The molecule has 0 saturated heterocycles. The van der Waals surface area contributed by atoms with Gasteiger partial charge in [-0.25, -0.2) is 0 Å². The quantitative estimate of drug-likeness (QED) is 0.473. The average molecular weight is 377 g/mol. The lowest BCUT2D eigenvalue weighted by Gasteiger charge is -2.17. The summed E-state index contributed by atoms with van der Waals surface area (Å²) in [4.78, 5) is 12.2. The molecule has 0 atom stereocenters. The van der Waals surface area contributed by atoms with Crippen LogP contribution in [0.2, 0.25) is 10.0 Å². The number of rotatable bonds is 6. The predicted octanol–water partition coefficient (Wildman–Crippen LogP) is 6.29. The molecule has 0 radical (unpaired) electrons. The van der Waals surface area contributed by atoms with Gasteiger partial charge in [-0.1, -0.05) is 47.5 Å². The van der Waals surface area contributed by atoms with E-state index < -0.39 is 0 Å². The predicted molar refractivity (Wildman–Crippen MR) is 100 cm³/mol. The van der Waals surface area contributed by atoms with Crippen LogP contribution in [-0.2, 0) is 0 Å². The van der Waals surface area contributed by atoms with Crippen molar-refractivity contribution in [3.8, 4) is 0 Å². The zero-order valence-electron chi connectivity index (χ0n) is 12.6. The van der Waals surface area contributed by atoms with E-state index in [1.807, 2.05) is 48.5 Å². The van der Waals surface area contributed by atoms with E-state index in [4.69, 9.17) is 27.6 Å². The van der Waals surface area contributed by atoms with Crippen molar-refractivity contribution in [3.63, 3.8) is 0 Å². The average Bonchev–Trinajstić information content (AvgIpc) is 3.12. The maximum atomic E-state index is 12.2. The molecule has 0 aliphatic carbocycles. The summed E-state index contributed by atoms with van der Waals surface area (Å²) in [6, 6.07) is 18.7. The summed E-state index contributed by atoms with van der Waals surface area (Å²) in [5.41, 5.74) is 2.16. The van der Waals surface area contributed by atoms with Gasteiger partial charge < -0.3 is 4.42 Å². The van der Waals surface area contributed by atoms with Crippen molar-refractivity contribution in [2.45, 2.75) is 5.25 Å². The third-order valence-corrected chi connectivity index (χ3v) is 5.33. The summed E-state index contributed by atoms with van der Waals surface area (Å²) in [6.07, 6.45) is 1.51. The van der Waals surface area contributed by atoms with E-state index in [2.05, 4.69) is 0 Å². The highest BCUT2D eigenvalue weighted by molar-refractivity contribution is 8.00. The normalized spacial score (nSPS) is 11.0. The zero-order valence-corrected chi connectivity index (χ0v) is 14.9. The van der Waals surface area contributed by atoms with E-state index in [-0.39, 0.29) is 11.0 Å².